The fourth-order valence-electron chi connectivity index (χ4n) is 2.93. The fourth-order valence-corrected chi connectivity index (χ4v) is 2.93. The van der Waals surface area contributed by atoms with E-state index >= 15 is 0 Å². The Balaban J connectivity index is 1.64. The van der Waals surface area contributed by atoms with Crippen molar-refractivity contribution in [2.75, 3.05) is 7.05 Å². The lowest BCUT2D eigenvalue weighted by Crippen LogP contribution is -2.40. The smallest absolute Gasteiger partial charge is 0.246 e. The largest absolute Gasteiger partial charge is 0.341 e. The molecule has 0 saturated heterocycles. The van der Waals surface area contributed by atoms with Gasteiger partial charge in [-0.05, 0) is 42.3 Å². The van der Waals surface area contributed by atoms with Crippen LogP contribution in [0.3, 0.4) is 0 Å². The number of nitrogens with zero attached hydrogens (tertiary/aromatic N) is 5. The Morgan fingerprint density at radius 1 is 1.26 bits per heavy atom. The standard InChI is InChI=1S/C16H20FN5O/c1-21(14-5-3-2-4-6-14)15(23)11-22-19-16(18-20-22)12-7-9-13(17)10-8-12/h7-10,14H,2-6,11H2,1H3. The van der Waals surface area contributed by atoms with Gasteiger partial charge in [0.1, 0.15) is 12.4 Å². The van der Waals surface area contributed by atoms with Gasteiger partial charge >= 0.3 is 0 Å². The van der Waals surface area contributed by atoms with Crippen molar-refractivity contribution >= 4 is 5.91 Å². The zero-order valence-electron chi connectivity index (χ0n) is 13.2. The van der Waals surface area contributed by atoms with Crippen LogP contribution in [0, 0.1) is 5.82 Å². The second-order valence-corrected chi connectivity index (χ2v) is 5.95. The van der Waals surface area contributed by atoms with Crippen molar-refractivity contribution in [2.24, 2.45) is 0 Å². The molecule has 1 aliphatic rings. The highest BCUT2D eigenvalue weighted by Gasteiger charge is 2.22. The molecule has 0 unspecified atom stereocenters. The number of likely N-dealkylation sites (N-methyl/N-ethyl adjacent to an activating group) is 1. The molecule has 1 heterocycles. The van der Waals surface area contributed by atoms with Crippen LogP contribution in [-0.4, -0.2) is 44.1 Å². The van der Waals surface area contributed by atoms with E-state index in [2.05, 4.69) is 15.4 Å². The maximum Gasteiger partial charge on any atom is 0.246 e. The van der Waals surface area contributed by atoms with Crippen molar-refractivity contribution in [3.05, 3.63) is 30.1 Å². The molecule has 0 N–H and O–H groups in total. The molecule has 7 heteroatoms. The number of hydrogen-bond donors (Lipinski definition) is 0. The summed E-state index contributed by atoms with van der Waals surface area (Å²) in [5.74, 6) is 0.0588. The Morgan fingerprint density at radius 2 is 1.96 bits per heavy atom. The highest BCUT2D eigenvalue weighted by Crippen LogP contribution is 2.21. The summed E-state index contributed by atoms with van der Waals surface area (Å²) in [5, 5.41) is 12.0. The zero-order chi connectivity index (χ0) is 16.2. The van der Waals surface area contributed by atoms with Crippen LogP contribution in [0.15, 0.2) is 24.3 Å². The van der Waals surface area contributed by atoms with Crippen molar-refractivity contribution in [1.29, 1.82) is 0 Å². The summed E-state index contributed by atoms with van der Waals surface area (Å²) in [7, 11) is 1.84. The van der Waals surface area contributed by atoms with Crippen molar-refractivity contribution in [3.63, 3.8) is 0 Å². The van der Waals surface area contributed by atoms with E-state index in [1.165, 1.54) is 36.2 Å². The summed E-state index contributed by atoms with van der Waals surface area (Å²) < 4.78 is 12.9. The van der Waals surface area contributed by atoms with Gasteiger partial charge < -0.3 is 4.90 Å². The third-order valence-electron chi connectivity index (χ3n) is 4.35. The lowest BCUT2D eigenvalue weighted by atomic mass is 9.94. The van der Waals surface area contributed by atoms with E-state index < -0.39 is 0 Å². The Bertz CT molecular complexity index is 663. The predicted octanol–water partition coefficient (Wildman–Crippen LogP) is 2.27. The monoisotopic (exact) mass is 317 g/mol. The van der Waals surface area contributed by atoms with E-state index in [0.29, 0.717) is 17.4 Å². The van der Waals surface area contributed by atoms with Crippen molar-refractivity contribution in [3.8, 4) is 11.4 Å². The molecule has 1 amide bonds. The molecule has 2 aromatic rings. The van der Waals surface area contributed by atoms with Gasteiger partial charge in [-0.1, -0.05) is 19.3 Å². The first-order valence-electron chi connectivity index (χ1n) is 7.93. The quantitative estimate of drug-likeness (QED) is 0.868. The lowest BCUT2D eigenvalue weighted by molar-refractivity contribution is -0.133. The molecular formula is C16H20FN5O. The second-order valence-electron chi connectivity index (χ2n) is 5.95. The van der Waals surface area contributed by atoms with Crippen LogP contribution in [0.5, 0.6) is 0 Å². The molecule has 0 atom stereocenters. The van der Waals surface area contributed by atoms with Gasteiger partial charge in [-0.2, -0.15) is 4.80 Å². The number of carbonyl (C=O) groups excluding carboxylic acids is 1. The molecule has 1 aliphatic carbocycles. The van der Waals surface area contributed by atoms with Crippen LogP contribution < -0.4 is 0 Å². The van der Waals surface area contributed by atoms with Crippen LogP contribution in [0.1, 0.15) is 32.1 Å². The number of halogens is 1. The molecule has 122 valence electrons. The van der Waals surface area contributed by atoms with E-state index in [1.54, 1.807) is 17.0 Å². The third-order valence-corrected chi connectivity index (χ3v) is 4.35. The molecule has 6 nitrogen and oxygen atoms in total. The minimum atomic E-state index is -0.314. The lowest BCUT2D eigenvalue weighted by Gasteiger charge is -2.31. The van der Waals surface area contributed by atoms with Crippen molar-refractivity contribution < 1.29 is 9.18 Å². The van der Waals surface area contributed by atoms with Gasteiger partial charge in [-0.3, -0.25) is 4.79 Å². The Hall–Kier alpha value is -2.31. The first-order chi connectivity index (χ1) is 11.1. The first-order valence-corrected chi connectivity index (χ1v) is 7.93. The van der Waals surface area contributed by atoms with Crippen LogP contribution in [0.2, 0.25) is 0 Å². The van der Waals surface area contributed by atoms with Crippen molar-refractivity contribution in [1.82, 2.24) is 25.1 Å². The summed E-state index contributed by atoms with van der Waals surface area (Å²) in [5.41, 5.74) is 0.672. The van der Waals surface area contributed by atoms with Gasteiger partial charge in [0.05, 0.1) is 0 Å². The fraction of sp³-hybridized carbons (Fsp3) is 0.500. The van der Waals surface area contributed by atoms with Crippen molar-refractivity contribution in [2.45, 2.75) is 44.7 Å². The van der Waals surface area contributed by atoms with Gasteiger partial charge in [0, 0.05) is 18.7 Å². The number of benzene rings is 1. The Labute approximate surface area is 134 Å². The normalized spacial score (nSPS) is 15.6. The third kappa shape index (κ3) is 3.72. The average molecular weight is 317 g/mol. The molecule has 0 spiro atoms. The summed E-state index contributed by atoms with van der Waals surface area (Å²) in [6, 6.07) is 6.19. The van der Waals surface area contributed by atoms with E-state index in [-0.39, 0.29) is 18.3 Å². The summed E-state index contributed by atoms with van der Waals surface area (Å²) in [6.45, 7) is 0.0706. The molecule has 1 saturated carbocycles. The molecule has 0 radical (unpaired) electrons. The molecule has 0 aliphatic heterocycles. The van der Waals surface area contributed by atoms with Gasteiger partial charge in [-0.25, -0.2) is 4.39 Å². The molecular weight excluding hydrogens is 297 g/mol. The predicted molar refractivity (Wildman–Crippen MR) is 82.9 cm³/mol. The first kappa shape index (κ1) is 15.6. The maximum absolute atomic E-state index is 12.9. The highest BCUT2D eigenvalue weighted by atomic mass is 19.1. The number of carbonyl (C=O) groups is 1. The van der Waals surface area contributed by atoms with E-state index in [1.807, 2.05) is 7.05 Å². The van der Waals surface area contributed by atoms with Gasteiger partial charge in [0.2, 0.25) is 11.7 Å². The van der Waals surface area contributed by atoms with Gasteiger partial charge in [-0.15, -0.1) is 10.2 Å². The molecule has 0 bridgehead atoms. The number of amides is 1. The highest BCUT2D eigenvalue weighted by molar-refractivity contribution is 5.75. The van der Waals surface area contributed by atoms with E-state index in [4.69, 9.17) is 0 Å². The van der Waals surface area contributed by atoms with Crippen LogP contribution in [-0.2, 0) is 11.3 Å². The number of tetrazole rings is 1. The van der Waals surface area contributed by atoms with Gasteiger partial charge in [0.25, 0.3) is 0 Å². The minimum Gasteiger partial charge on any atom is -0.341 e. The Kier molecular flexibility index (Phi) is 4.64. The SMILES string of the molecule is CN(C(=O)Cn1nnc(-c2ccc(F)cc2)n1)C1CCCCC1. The minimum absolute atomic E-state index is 0.0139. The van der Waals surface area contributed by atoms with Crippen LogP contribution >= 0.6 is 0 Å². The van der Waals surface area contributed by atoms with Gasteiger partial charge in [0.15, 0.2) is 0 Å². The van der Waals surface area contributed by atoms with E-state index in [9.17, 15) is 9.18 Å². The molecule has 1 aromatic heterocycles. The molecule has 1 fully saturated rings. The number of aromatic nitrogens is 4. The number of hydrogen-bond acceptors (Lipinski definition) is 4. The summed E-state index contributed by atoms with van der Waals surface area (Å²) in [4.78, 5) is 15.4. The molecule has 23 heavy (non-hydrogen) atoms. The summed E-state index contributed by atoms with van der Waals surface area (Å²) >= 11 is 0. The summed E-state index contributed by atoms with van der Waals surface area (Å²) in [6.07, 6.45) is 5.74. The zero-order valence-corrected chi connectivity index (χ0v) is 13.2. The van der Waals surface area contributed by atoms with E-state index in [0.717, 1.165) is 12.8 Å². The van der Waals surface area contributed by atoms with Crippen LogP contribution in [0.25, 0.3) is 11.4 Å². The average Bonchev–Trinajstić information content (AvgIpc) is 3.04. The Morgan fingerprint density at radius 3 is 2.65 bits per heavy atom. The second kappa shape index (κ2) is 6.85. The maximum atomic E-state index is 12.9. The van der Waals surface area contributed by atoms with Crippen LogP contribution in [0.4, 0.5) is 4.39 Å². The topological polar surface area (TPSA) is 63.9 Å². The molecule has 1 aromatic carbocycles. The number of rotatable bonds is 4. The molecule has 3 rings (SSSR count).